The number of nitriles is 1. The molecule has 15 heavy (non-hydrogen) atoms. The molecule has 0 fully saturated rings. The van der Waals surface area contributed by atoms with Crippen molar-refractivity contribution in [3.05, 3.63) is 41.8 Å². The average molecular weight is 198 g/mol. The van der Waals surface area contributed by atoms with Gasteiger partial charge >= 0.3 is 0 Å². The van der Waals surface area contributed by atoms with E-state index >= 15 is 0 Å². The molecular weight excluding hydrogens is 188 g/mol. The fourth-order valence-electron chi connectivity index (χ4n) is 1.44. The summed E-state index contributed by atoms with van der Waals surface area (Å²) >= 11 is 0. The van der Waals surface area contributed by atoms with E-state index in [-0.39, 0.29) is 0 Å². The molecule has 0 saturated carbocycles. The maximum absolute atomic E-state index is 8.80. The molecule has 1 aromatic carbocycles. The smallest absolute Gasteiger partial charge is 0.191 e. The number of rotatable bonds is 2. The second-order valence-electron chi connectivity index (χ2n) is 3.24. The van der Waals surface area contributed by atoms with Crippen molar-refractivity contribution in [3.63, 3.8) is 0 Å². The first-order chi connectivity index (χ1) is 7.35. The van der Waals surface area contributed by atoms with E-state index in [0.29, 0.717) is 5.69 Å². The average Bonchev–Trinajstić information content (AvgIpc) is 2.77. The van der Waals surface area contributed by atoms with Gasteiger partial charge in [0.25, 0.3) is 0 Å². The Hall–Kier alpha value is -2.08. The highest BCUT2D eigenvalue weighted by Gasteiger charge is 2.08. The molecule has 2 aromatic rings. The van der Waals surface area contributed by atoms with Crippen molar-refractivity contribution in [2.75, 3.05) is 0 Å². The lowest BCUT2D eigenvalue weighted by molar-refractivity contribution is 0.418. The number of aromatic nitrogens is 1. The van der Waals surface area contributed by atoms with E-state index in [1.165, 1.54) is 11.8 Å². The molecule has 2 rings (SSSR count). The van der Waals surface area contributed by atoms with Crippen molar-refractivity contribution in [1.29, 1.82) is 5.26 Å². The van der Waals surface area contributed by atoms with Gasteiger partial charge in [-0.1, -0.05) is 36.3 Å². The maximum Gasteiger partial charge on any atom is 0.191 e. The molecule has 0 atom stereocenters. The molecule has 1 aromatic heterocycles. The van der Waals surface area contributed by atoms with Gasteiger partial charge in [-0.3, -0.25) is 0 Å². The summed E-state index contributed by atoms with van der Waals surface area (Å²) in [6.07, 6.45) is 2.51. The Morgan fingerprint density at radius 1 is 1.33 bits per heavy atom. The van der Waals surface area contributed by atoms with E-state index in [4.69, 9.17) is 9.78 Å². The van der Waals surface area contributed by atoms with Crippen LogP contribution in [0.1, 0.15) is 18.2 Å². The molecule has 0 amide bonds. The molecule has 0 unspecified atom stereocenters. The topological polar surface area (TPSA) is 49.8 Å². The van der Waals surface area contributed by atoms with Crippen LogP contribution in [0, 0.1) is 11.3 Å². The summed E-state index contributed by atoms with van der Waals surface area (Å²) in [5.41, 5.74) is 3.32. The predicted molar refractivity (Wildman–Crippen MR) is 56.0 cm³/mol. The molecule has 74 valence electrons. The summed E-state index contributed by atoms with van der Waals surface area (Å²) in [6, 6.07) is 10.0. The van der Waals surface area contributed by atoms with Crippen LogP contribution in [0.5, 0.6) is 0 Å². The summed E-state index contributed by atoms with van der Waals surface area (Å²) in [4.78, 5) is 0. The van der Waals surface area contributed by atoms with Gasteiger partial charge in [-0.05, 0) is 17.5 Å². The number of benzene rings is 1. The van der Waals surface area contributed by atoms with Crippen molar-refractivity contribution >= 4 is 0 Å². The Morgan fingerprint density at radius 2 is 2.07 bits per heavy atom. The normalized spacial score (nSPS) is 9.87. The van der Waals surface area contributed by atoms with Crippen LogP contribution >= 0.6 is 0 Å². The third-order valence-electron chi connectivity index (χ3n) is 2.35. The lowest BCUT2D eigenvalue weighted by Crippen LogP contribution is -1.82. The number of hydrogen-bond donors (Lipinski definition) is 0. The molecule has 0 aliphatic carbocycles. The zero-order chi connectivity index (χ0) is 10.7. The molecular formula is C12H10N2O. The van der Waals surface area contributed by atoms with E-state index in [0.717, 1.165) is 17.5 Å². The van der Waals surface area contributed by atoms with Crippen LogP contribution in [0.4, 0.5) is 0 Å². The van der Waals surface area contributed by atoms with Gasteiger partial charge in [-0.25, -0.2) is 0 Å². The van der Waals surface area contributed by atoms with Gasteiger partial charge in [0.05, 0.1) is 5.56 Å². The first-order valence-electron chi connectivity index (χ1n) is 4.79. The molecule has 0 bridgehead atoms. The minimum atomic E-state index is 0.333. The van der Waals surface area contributed by atoms with Gasteiger partial charge in [0.2, 0.25) is 0 Å². The molecule has 0 aliphatic rings. The SMILES string of the molecule is CCc1ccc(-c2conc2C#N)cc1. The van der Waals surface area contributed by atoms with Crippen LogP contribution in [0.2, 0.25) is 0 Å². The highest BCUT2D eigenvalue weighted by atomic mass is 16.5. The van der Waals surface area contributed by atoms with Crippen LogP contribution in [0.25, 0.3) is 11.1 Å². The van der Waals surface area contributed by atoms with Gasteiger partial charge in [0.15, 0.2) is 5.69 Å². The summed E-state index contributed by atoms with van der Waals surface area (Å²) in [5.74, 6) is 0. The zero-order valence-corrected chi connectivity index (χ0v) is 8.40. The van der Waals surface area contributed by atoms with Gasteiger partial charge in [-0.15, -0.1) is 0 Å². The quantitative estimate of drug-likeness (QED) is 0.745. The summed E-state index contributed by atoms with van der Waals surface area (Å²) in [6.45, 7) is 2.11. The zero-order valence-electron chi connectivity index (χ0n) is 8.40. The third-order valence-corrected chi connectivity index (χ3v) is 2.35. The van der Waals surface area contributed by atoms with Crippen molar-refractivity contribution in [1.82, 2.24) is 5.16 Å². The molecule has 3 nitrogen and oxygen atoms in total. The van der Waals surface area contributed by atoms with Crippen molar-refractivity contribution in [2.24, 2.45) is 0 Å². The predicted octanol–water partition coefficient (Wildman–Crippen LogP) is 2.78. The summed E-state index contributed by atoms with van der Waals surface area (Å²) in [5, 5.41) is 12.4. The number of aryl methyl sites for hydroxylation is 1. The van der Waals surface area contributed by atoms with Crippen molar-refractivity contribution in [2.45, 2.75) is 13.3 Å². The van der Waals surface area contributed by atoms with Crippen molar-refractivity contribution < 1.29 is 4.52 Å². The van der Waals surface area contributed by atoms with E-state index in [1.807, 2.05) is 30.3 Å². The largest absolute Gasteiger partial charge is 0.363 e. The molecule has 3 heteroatoms. The van der Waals surface area contributed by atoms with Gasteiger partial charge < -0.3 is 4.52 Å². The Labute approximate surface area is 87.9 Å². The third kappa shape index (κ3) is 1.75. The molecule has 0 N–H and O–H groups in total. The maximum atomic E-state index is 8.80. The summed E-state index contributed by atoms with van der Waals surface area (Å²) < 4.78 is 4.78. The molecule has 0 spiro atoms. The van der Waals surface area contributed by atoms with Crippen LogP contribution < -0.4 is 0 Å². The van der Waals surface area contributed by atoms with Crippen LogP contribution in [0.15, 0.2) is 35.1 Å². The lowest BCUT2D eigenvalue weighted by atomic mass is 10.0. The lowest BCUT2D eigenvalue weighted by Gasteiger charge is -1.99. The van der Waals surface area contributed by atoms with E-state index in [1.54, 1.807) is 0 Å². The second-order valence-corrected chi connectivity index (χ2v) is 3.24. The first-order valence-corrected chi connectivity index (χ1v) is 4.79. The fourth-order valence-corrected chi connectivity index (χ4v) is 1.44. The minimum Gasteiger partial charge on any atom is -0.363 e. The minimum absolute atomic E-state index is 0.333. The van der Waals surface area contributed by atoms with Crippen LogP contribution in [-0.4, -0.2) is 5.16 Å². The Kier molecular flexibility index (Phi) is 2.51. The number of hydrogen-bond acceptors (Lipinski definition) is 3. The van der Waals surface area contributed by atoms with E-state index in [9.17, 15) is 0 Å². The van der Waals surface area contributed by atoms with Crippen molar-refractivity contribution in [3.8, 4) is 17.2 Å². The molecule has 0 saturated heterocycles. The van der Waals surface area contributed by atoms with Crippen LogP contribution in [-0.2, 0) is 6.42 Å². The first kappa shape index (κ1) is 9.47. The van der Waals surface area contributed by atoms with E-state index in [2.05, 4.69) is 12.1 Å². The van der Waals surface area contributed by atoms with Gasteiger partial charge in [0, 0.05) is 0 Å². The van der Waals surface area contributed by atoms with Crippen LogP contribution in [0.3, 0.4) is 0 Å². The number of nitrogens with zero attached hydrogens (tertiary/aromatic N) is 2. The Balaban J connectivity index is 2.42. The van der Waals surface area contributed by atoms with E-state index < -0.39 is 0 Å². The highest BCUT2D eigenvalue weighted by Crippen LogP contribution is 2.22. The van der Waals surface area contributed by atoms with Gasteiger partial charge in [-0.2, -0.15) is 5.26 Å². The highest BCUT2D eigenvalue weighted by molar-refractivity contribution is 5.67. The Morgan fingerprint density at radius 3 is 2.67 bits per heavy atom. The van der Waals surface area contributed by atoms with Gasteiger partial charge in [0.1, 0.15) is 12.3 Å². The summed E-state index contributed by atoms with van der Waals surface area (Å²) in [7, 11) is 0. The monoisotopic (exact) mass is 198 g/mol. The second kappa shape index (κ2) is 3.97. The molecule has 1 heterocycles. The fraction of sp³-hybridized carbons (Fsp3) is 0.167. The Bertz CT molecular complexity index is 491. The standard InChI is InChI=1S/C12H10N2O/c1-2-9-3-5-10(6-4-9)11-8-15-14-12(11)7-13/h3-6,8H,2H2,1H3. The molecule has 0 aliphatic heterocycles. The molecule has 0 radical (unpaired) electrons.